The molecule has 0 saturated carbocycles. The Kier molecular flexibility index (Phi) is 7.52. The molecule has 0 saturated heterocycles. The molecule has 3 aromatic rings. The second-order valence-electron chi connectivity index (χ2n) is 7.14. The maximum atomic E-state index is 11.9. The van der Waals surface area contributed by atoms with Gasteiger partial charge in [-0.15, -0.1) is 10.2 Å². The van der Waals surface area contributed by atoms with Gasteiger partial charge in [0.05, 0.1) is 12.0 Å². The van der Waals surface area contributed by atoms with Gasteiger partial charge in [0.25, 0.3) is 0 Å². The van der Waals surface area contributed by atoms with Crippen LogP contribution in [0.15, 0.2) is 52.2 Å². The van der Waals surface area contributed by atoms with Gasteiger partial charge in [0, 0.05) is 18.2 Å². The second-order valence-corrected chi connectivity index (χ2v) is 8.20. The lowest BCUT2D eigenvalue weighted by Gasteiger charge is -2.11. The summed E-state index contributed by atoms with van der Waals surface area (Å²) in [6.07, 6.45) is 4.96. The van der Waals surface area contributed by atoms with Gasteiger partial charge in [-0.1, -0.05) is 30.8 Å². The highest BCUT2D eigenvalue weighted by molar-refractivity contribution is 7.99. The Balaban J connectivity index is 1.65. The van der Waals surface area contributed by atoms with E-state index in [-0.39, 0.29) is 11.9 Å². The summed E-state index contributed by atoms with van der Waals surface area (Å²) in [5, 5.41) is 12.6. The summed E-state index contributed by atoms with van der Waals surface area (Å²) in [5.74, 6) is 2.38. The number of hydrogen-bond donors (Lipinski definition) is 1. The molecule has 0 aliphatic carbocycles. The van der Waals surface area contributed by atoms with E-state index in [1.165, 1.54) is 5.56 Å². The Morgan fingerprint density at radius 1 is 1.24 bits per heavy atom. The number of carbonyl (C=O) groups excluding carboxylic acids is 1. The summed E-state index contributed by atoms with van der Waals surface area (Å²) >= 11 is 1.65. The van der Waals surface area contributed by atoms with E-state index < -0.39 is 0 Å². The summed E-state index contributed by atoms with van der Waals surface area (Å²) in [6.45, 7) is 6.17. The predicted octanol–water partition coefficient (Wildman–Crippen LogP) is 5.01. The van der Waals surface area contributed by atoms with E-state index in [1.54, 1.807) is 18.0 Å². The smallest absolute Gasteiger partial charge is 0.220 e. The largest absolute Gasteiger partial charge is 0.461 e. The molecule has 0 aliphatic heterocycles. The zero-order valence-electron chi connectivity index (χ0n) is 17.2. The molecule has 29 heavy (non-hydrogen) atoms. The van der Waals surface area contributed by atoms with E-state index in [9.17, 15) is 4.79 Å². The molecule has 3 rings (SSSR count). The summed E-state index contributed by atoms with van der Waals surface area (Å²) in [5.41, 5.74) is 2.18. The molecule has 2 heterocycles. The molecule has 1 amide bonds. The zero-order chi connectivity index (χ0) is 20.6. The van der Waals surface area contributed by atoms with Crippen molar-refractivity contribution in [2.75, 3.05) is 5.75 Å². The lowest BCUT2D eigenvalue weighted by molar-refractivity contribution is -0.121. The van der Waals surface area contributed by atoms with E-state index in [0.29, 0.717) is 18.0 Å². The first kappa shape index (κ1) is 21.2. The fourth-order valence-electron chi connectivity index (χ4n) is 2.93. The van der Waals surface area contributed by atoms with Crippen molar-refractivity contribution in [1.82, 2.24) is 20.1 Å². The standard InChI is InChI=1S/C22H28N4O2S/c1-4-17(3)23-20(27)12-5-6-14-29-22-25-24-21(19-11-8-13-28-19)26(22)18-10-7-9-16(2)15-18/h7-11,13,15,17H,4-6,12,14H2,1-3H3,(H,23,27). The third-order valence-electron chi connectivity index (χ3n) is 4.68. The number of hydrogen-bond acceptors (Lipinski definition) is 5. The molecule has 0 radical (unpaired) electrons. The van der Waals surface area contributed by atoms with Crippen LogP contribution in [0.25, 0.3) is 17.3 Å². The SMILES string of the molecule is CCC(C)NC(=O)CCCCSc1nnc(-c2ccco2)n1-c1cccc(C)c1. The lowest BCUT2D eigenvalue weighted by atomic mass is 10.2. The minimum Gasteiger partial charge on any atom is -0.461 e. The lowest BCUT2D eigenvalue weighted by Crippen LogP contribution is -2.31. The Bertz CT molecular complexity index is 921. The number of rotatable bonds is 10. The van der Waals surface area contributed by atoms with Crippen LogP contribution in [0.3, 0.4) is 0 Å². The second kappa shape index (κ2) is 10.3. The first-order chi connectivity index (χ1) is 14.1. The van der Waals surface area contributed by atoms with Gasteiger partial charge in [0.15, 0.2) is 10.9 Å². The number of benzene rings is 1. The van der Waals surface area contributed by atoms with Gasteiger partial charge in [-0.2, -0.15) is 0 Å². The fraction of sp³-hybridized carbons (Fsp3) is 0.409. The van der Waals surface area contributed by atoms with Crippen LogP contribution in [0, 0.1) is 6.92 Å². The molecule has 154 valence electrons. The van der Waals surface area contributed by atoms with Crippen LogP contribution >= 0.6 is 11.8 Å². The minimum atomic E-state index is 0.132. The first-order valence-corrected chi connectivity index (χ1v) is 11.1. The number of nitrogens with zero attached hydrogens (tertiary/aromatic N) is 3. The molecule has 0 fully saturated rings. The monoisotopic (exact) mass is 412 g/mol. The van der Waals surface area contributed by atoms with Crippen molar-refractivity contribution < 1.29 is 9.21 Å². The molecule has 2 aromatic heterocycles. The van der Waals surface area contributed by atoms with Gasteiger partial charge in [-0.3, -0.25) is 9.36 Å². The van der Waals surface area contributed by atoms with Crippen LogP contribution in [0.5, 0.6) is 0 Å². The average molecular weight is 413 g/mol. The highest BCUT2D eigenvalue weighted by atomic mass is 32.2. The highest BCUT2D eigenvalue weighted by Gasteiger charge is 2.18. The van der Waals surface area contributed by atoms with Gasteiger partial charge >= 0.3 is 0 Å². The molecule has 1 atom stereocenters. The molecule has 6 nitrogen and oxygen atoms in total. The van der Waals surface area contributed by atoms with E-state index in [0.717, 1.165) is 35.9 Å². The maximum Gasteiger partial charge on any atom is 0.220 e. The van der Waals surface area contributed by atoms with E-state index in [1.807, 2.05) is 35.8 Å². The van der Waals surface area contributed by atoms with Crippen LogP contribution in [0.1, 0.15) is 45.1 Å². The summed E-state index contributed by atoms with van der Waals surface area (Å²) in [7, 11) is 0. The summed E-state index contributed by atoms with van der Waals surface area (Å²) in [6, 6.07) is 12.2. The molecule has 0 spiro atoms. The fourth-order valence-corrected chi connectivity index (χ4v) is 3.88. The number of unbranched alkanes of at least 4 members (excludes halogenated alkanes) is 1. The normalized spacial score (nSPS) is 12.1. The van der Waals surface area contributed by atoms with Crippen molar-refractivity contribution in [3.63, 3.8) is 0 Å². The molecule has 1 unspecified atom stereocenters. The number of aryl methyl sites for hydroxylation is 1. The summed E-state index contributed by atoms with van der Waals surface area (Å²) < 4.78 is 7.59. The third-order valence-corrected chi connectivity index (χ3v) is 5.70. The van der Waals surface area contributed by atoms with Gasteiger partial charge < -0.3 is 9.73 Å². The zero-order valence-corrected chi connectivity index (χ0v) is 18.0. The molecule has 1 aromatic carbocycles. The Hall–Kier alpha value is -2.54. The van der Waals surface area contributed by atoms with E-state index >= 15 is 0 Å². The van der Waals surface area contributed by atoms with Crippen molar-refractivity contribution in [2.45, 2.75) is 57.7 Å². The van der Waals surface area contributed by atoms with Gasteiger partial charge in [-0.25, -0.2) is 0 Å². The van der Waals surface area contributed by atoms with Crippen molar-refractivity contribution in [2.24, 2.45) is 0 Å². The Morgan fingerprint density at radius 2 is 2.10 bits per heavy atom. The van der Waals surface area contributed by atoms with Crippen LogP contribution in [0.2, 0.25) is 0 Å². The van der Waals surface area contributed by atoms with Gasteiger partial charge in [-0.05, 0) is 62.9 Å². The number of thioether (sulfide) groups is 1. The van der Waals surface area contributed by atoms with Crippen molar-refractivity contribution in [3.8, 4) is 17.3 Å². The Labute approximate surface area is 176 Å². The molecule has 0 aliphatic rings. The molecule has 7 heteroatoms. The van der Waals surface area contributed by atoms with Crippen LogP contribution in [0.4, 0.5) is 0 Å². The van der Waals surface area contributed by atoms with Crippen LogP contribution < -0.4 is 5.32 Å². The van der Waals surface area contributed by atoms with E-state index in [2.05, 4.69) is 41.5 Å². The number of aromatic nitrogens is 3. The number of nitrogens with one attached hydrogen (secondary N) is 1. The first-order valence-electron chi connectivity index (χ1n) is 10.1. The minimum absolute atomic E-state index is 0.132. The van der Waals surface area contributed by atoms with Crippen LogP contribution in [-0.2, 0) is 4.79 Å². The van der Waals surface area contributed by atoms with Crippen molar-refractivity contribution >= 4 is 17.7 Å². The molecular formula is C22H28N4O2S. The van der Waals surface area contributed by atoms with Crippen LogP contribution in [-0.4, -0.2) is 32.5 Å². The number of amides is 1. The quantitative estimate of drug-likeness (QED) is 0.374. The van der Waals surface area contributed by atoms with Gasteiger partial charge in [0.1, 0.15) is 0 Å². The maximum absolute atomic E-state index is 11.9. The highest BCUT2D eigenvalue weighted by Crippen LogP contribution is 2.29. The number of carbonyl (C=O) groups is 1. The van der Waals surface area contributed by atoms with E-state index in [4.69, 9.17) is 4.42 Å². The average Bonchev–Trinajstić information content (AvgIpc) is 3.37. The topological polar surface area (TPSA) is 73.0 Å². The molecule has 0 bridgehead atoms. The third kappa shape index (κ3) is 5.73. The molecular weight excluding hydrogens is 384 g/mol. The summed E-state index contributed by atoms with van der Waals surface area (Å²) in [4.78, 5) is 11.9. The predicted molar refractivity (Wildman–Crippen MR) is 116 cm³/mol. The molecule has 1 N–H and O–H groups in total. The van der Waals surface area contributed by atoms with Crippen molar-refractivity contribution in [3.05, 3.63) is 48.2 Å². The Morgan fingerprint density at radius 3 is 2.83 bits per heavy atom. The number of furan rings is 1. The van der Waals surface area contributed by atoms with Crippen molar-refractivity contribution in [1.29, 1.82) is 0 Å². The van der Waals surface area contributed by atoms with Gasteiger partial charge in [0.2, 0.25) is 11.7 Å².